The maximum Gasteiger partial charge on any atom is 0.319 e. The number of hydrogen-bond donors (Lipinski definition) is 3. The number of carbonyl (C=O) groups is 1. The van der Waals surface area contributed by atoms with Gasteiger partial charge in [0.25, 0.3) is 0 Å². The molecule has 1 heterocycles. The number of rotatable bonds is 7. The predicted molar refractivity (Wildman–Crippen MR) is 89.2 cm³/mol. The van der Waals surface area contributed by atoms with Crippen LogP contribution in [0.4, 0.5) is 10.5 Å². The number of carbonyl (C=O) groups excluding carboxylic acids is 1. The van der Waals surface area contributed by atoms with Gasteiger partial charge in [0.15, 0.2) is 0 Å². The number of aliphatic hydroxyl groups excluding tert-OH is 1. The summed E-state index contributed by atoms with van der Waals surface area (Å²) < 4.78 is 1.77. The summed E-state index contributed by atoms with van der Waals surface area (Å²) in [6, 6.07) is 8.53. The van der Waals surface area contributed by atoms with Gasteiger partial charge in [0.05, 0.1) is 31.1 Å². The van der Waals surface area contributed by atoms with Crippen molar-refractivity contribution >= 4 is 11.7 Å². The Labute approximate surface area is 135 Å². The van der Waals surface area contributed by atoms with Crippen LogP contribution in [0.15, 0.2) is 42.7 Å². The summed E-state index contributed by atoms with van der Waals surface area (Å²) in [6.07, 6.45) is 3.38. The van der Waals surface area contributed by atoms with Crippen LogP contribution in [0.1, 0.15) is 11.6 Å². The van der Waals surface area contributed by atoms with E-state index in [9.17, 15) is 9.90 Å². The molecule has 0 aliphatic rings. The van der Waals surface area contributed by atoms with Gasteiger partial charge in [-0.05, 0) is 19.7 Å². The molecule has 0 bridgehead atoms. The molecule has 124 valence electrons. The summed E-state index contributed by atoms with van der Waals surface area (Å²) in [5.41, 5.74) is 1.47. The first-order valence-corrected chi connectivity index (χ1v) is 7.49. The fraction of sp³-hybridized carbons (Fsp3) is 0.375. The molecule has 0 aliphatic carbocycles. The normalized spacial score (nSPS) is 12.2. The van der Waals surface area contributed by atoms with Gasteiger partial charge in [0.1, 0.15) is 0 Å². The molecule has 0 radical (unpaired) electrons. The molecule has 0 aliphatic heterocycles. The molecule has 1 atom stereocenters. The number of hydrogen-bond acceptors (Lipinski definition) is 4. The molecule has 0 saturated carbocycles. The van der Waals surface area contributed by atoms with Crippen LogP contribution in [0.25, 0.3) is 0 Å². The second-order valence-corrected chi connectivity index (χ2v) is 5.54. The van der Waals surface area contributed by atoms with E-state index in [1.54, 1.807) is 17.1 Å². The summed E-state index contributed by atoms with van der Waals surface area (Å²) in [6.45, 7) is 1.45. The van der Waals surface area contributed by atoms with Crippen molar-refractivity contribution in [2.45, 2.75) is 12.6 Å². The third-order valence-corrected chi connectivity index (χ3v) is 3.36. The lowest BCUT2D eigenvalue weighted by Crippen LogP contribution is -2.34. The van der Waals surface area contributed by atoms with Crippen LogP contribution in [0.3, 0.4) is 0 Å². The predicted octanol–water partition coefficient (Wildman–Crippen LogP) is 1.30. The molecule has 0 saturated heterocycles. The molecule has 23 heavy (non-hydrogen) atoms. The zero-order valence-corrected chi connectivity index (χ0v) is 13.4. The fourth-order valence-corrected chi connectivity index (χ4v) is 2.10. The maximum atomic E-state index is 12.1. The minimum atomic E-state index is -0.444. The lowest BCUT2D eigenvalue weighted by molar-refractivity contribution is 0.225. The van der Waals surface area contributed by atoms with Crippen molar-refractivity contribution in [2.24, 2.45) is 0 Å². The van der Waals surface area contributed by atoms with E-state index < -0.39 is 6.04 Å². The molecule has 2 amide bonds. The number of urea groups is 1. The minimum Gasteiger partial charge on any atom is -0.394 e. The molecular formula is C16H23N5O2. The summed E-state index contributed by atoms with van der Waals surface area (Å²) in [7, 11) is 3.99. The van der Waals surface area contributed by atoms with Crippen LogP contribution in [0.2, 0.25) is 0 Å². The van der Waals surface area contributed by atoms with Crippen LogP contribution < -0.4 is 10.6 Å². The quantitative estimate of drug-likeness (QED) is 0.719. The molecule has 7 nitrogen and oxygen atoms in total. The Morgan fingerprint density at radius 2 is 2.09 bits per heavy atom. The van der Waals surface area contributed by atoms with Gasteiger partial charge in [-0.15, -0.1) is 0 Å². The van der Waals surface area contributed by atoms with Gasteiger partial charge in [0.2, 0.25) is 0 Å². The van der Waals surface area contributed by atoms with Gasteiger partial charge in [-0.2, -0.15) is 5.10 Å². The van der Waals surface area contributed by atoms with Gasteiger partial charge in [-0.25, -0.2) is 4.79 Å². The zero-order chi connectivity index (χ0) is 16.7. The average Bonchev–Trinajstić information content (AvgIpc) is 2.99. The van der Waals surface area contributed by atoms with Crippen molar-refractivity contribution in [3.05, 3.63) is 48.3 Å². The monoisotopic (exact) mass is 317 g/mol. The van der Waals surface area contributed by atoms with Gasteiger partial charge in [0, 0.05) is 12.7 Å². The Morgan fingerprint density at radius 1 is 1.35 bits per heavy atom. The molecule has 0 spiro atoms. The summed E-state index contributed by atoms with van der Waals surface area (Å²) in [4.78, 5) is 14.1. The fourth-order valence-electron chi connectivity index (χ4n) is 2.10. The van der Waals surface area contributed by atoms with Crippen LogP contribution >= 0.6 is 0 Å². The standard InChI is InChI=1S/C16H23N5O2/c1-20(2)8-9-21-11-14(10-17-21)18-16(23)19-15(12-22)13-6-4-3-5-7-13/h3-7,10-11,15,22H,8-9,12H2,1-2H3,(H2,18,19,23)/t15-/m1/s1. The number of likely N-dealkylation sites (N-methyl/N-ethyl adjacent to an activating group) is 1. The van der Waals surface area contributed by atoms with E-state index in [2.05, 4.69) is 20.6 Å². The lowest BCUT2D eigenvalue weighted by atomic mass is 10.1. The summed E-state index contributed by atoms with van der Waals surface area (Å²) >= 11 is 0. The molecule has 1 aromatic carbocycles. The third kappa shape index (κ3) is 5.39. The van der Waals surface area contributed by atoms with E-state index in [1.807, 2.05) is 44.4 Å². The second kappa shape index (κ2) is 8.30. The topological polar surface area (TPSA) is 82.4 Å². The van der Waals surface area contributed by atoms with Crippen molar-refractivity contribution in [2.75, 3.05) is 32.6 Å². The van der Waals surface area contributed by atoms with Gasteiger partial charge >= 0.3 is 6.03 Å². The Bertz CT molecular complexity index is 612. The third-order valence-electron chi connectivity index (χ3n) is 3.36. The number of aliphatic hydroxyl groups is 1. The molecule has 1 aromatic heterocycles. The van der Waals surface area contributed by atoms with Crippen molar-refractivity contribution < 1.29 is 9.90 Å². The lowest BCUT2D eigenvalue weighted by Gasteiger charge is -2.16. The molecule has 7 heteroatoms. The Kier molecular flexibility index (Phi) is 6.13. The smallest absolute Gasteiger partial charge is 0.319 e. The highest BCUT2D eigenvalue weighted by molar-refractivity contribution is 5.89. The highest BCUT2D eigenvalue weighted by atomic mass is 16.3. The number of benzene rings is 1. The van der Waals surface area contributed by atoms with E-state index in [0.29, 0.717) is 5.69 Å². The van der Waals surface area contributed by atoms with Crippen molar-refractivity contribution in [1.29, 1.82) is 0 Å². The van der Waals surface area contributed by atoms with Gasteiger partial charge < -0.3 is 20.6 Å². The van der Waals surface area contributed by atoms with Crippen molar-refractivity contribution in [3.8, 4) is 0 Å². The number of aromatic nitrogens is 2. The SMILES string of the molecule is CN(C)CCn1cc(NC(=O)N[C@H](CO)c2ccccc2)cn1. The van der Waals surface area contributed by atoms with Gasteiger partial charge in [-0.1, -0.05) is 30.3 Å². The minimum absolute atomic E-state index is 0.167. The Hall–Kier alpha value is -2.38. The molecule has 2 rings (SSSR count). The van der Waals surface area contributed by atoms with Crippen molar-refractivity contribution in [3.63, 3.8) is 0 Å². The van der Waals surface area contributed by atoms with E-state index in [4.69, 9.17) is 0 Å². The van der Waals surface area contributed by atoms with E-state index in [-0.39, 0.29) is 12.6 Å². The van der Waals surface area contributed by atoms with E-state index in [0.717, 1.165) is 18.7 Å². The number of nitrogens with one attached hydrogen (secondary N) is 2. The van der Waals surface area contributed by atoms with Crippen LogP contribution in [0.5, 0.6) is 0 Å². The van der Waals surface area contributed by atoms with Crippen LogP contribution in [-0.2, 0) is 6.54 Å². The molecule has 2 aromatic rings. The first kappa shape index (κ1) is 17.0. The molecule has 0 fully saturated rings. The van der Waals surface area contributed by atoms with Crippen LogP contribution in [-0.4, -0.2) is 53.1 Å². The highest BCUT2D eigenvalue weighted by Crippen LogP contribution is 2.12. The van der Waals surface area contributed by atoms with Crippen LogP contribution in [0, 0.1) is 0 Å². The number of amides is 2. The van der Waals surface area contributed by atoms with Crippen molar-refractivity contribution in [1.82, 2.24) is 20.0 Å². The molecule has 0 unspecified atom stereocenters. The average molecular weight is 317 g/mol. The second-order valence-electron chi connectivity index (χ2n) is 5.54. The summed E-state index contributed by atoms with van der Waals surface area (Å²) in [5.74, 6) is 0. The molecule has 3 N–H and O–H groups in total. The number of nitrogens with zero attached hydrogens (tertiary/aromatic N) is 3. The van der Waals surface area contributed by atoms with E-state index in [1.165, 1.54) is 0 Å². The Balaban J connectivity index is 1.89. The Morgan fingerprint density at radius 3 is 2.74 bits per heavy atom. The first-order valence-electron chi connectivity index (χ1n) is 7.49. The first-order chi connectivity index (χ1) is 11.1. The zero-order valence-electron chi connectivity index (χ0n) is 13.4. The maximum absolute atomic E-state index is 12.1. The summed E-state index contributed by atoms with van der Waals surface area (Å²) in [5, 5.41) is 19.1. The number of anilines is 1. The van der Waals surface area contributed by atoms with E-state index >= 15 is 0 Å². The molecular weight excluding hydrogens is 294 g/mol. The highest BCUT2D eigenvalue weighted by Gasteiger charge is 2.13. The van der Waals surface area contributed by atoms with Gasteiger partial charge in [-0.3, -0.25) is 4.68 Å². The largest absolute Gasteiger partial charge is 0.394 e.